The highest BCUT2D eigenvalue weighted by Crippen LogP contribution is 2.59. The summed E-state index contributed by atoms with van der Waals surface area (Å²) < 4.78 is 0. The summed E-state index contributed by atoms with van der Waals surface area (Å²) in [6.45, 7) is 5.20. The molecule has 0 aliphatic heterocycles. The average Bonchev–Trinajstić information content (AvgIpc) is 3.01. The largest absolute Gasteiger partial charge is 0.396 e. The van der Waals surface area contributed by atoms with Crippen molar-refractivity contribution in [1.29, 1.82) is 0 Å². The first-order valence-electron chi connectivity index (χ1n) is 11.3. The molecule has 160 valence electrons. The smallest absolute Gasteiger partial charge is 0.0708 e. The molecule has 3 aliphatic rings. The zero-order chi connectivity index (χ0) is 20.8. The van der Waals surface area contributed by atoms with Crippen molar-refractivity contribution in [3.63, 3.8) is 0 Å². The Morgan fingerprint density at radius 3 is 2.48 bits per heavy atom. The van der Waals surface area contributed by atoms with Crippen molar-refractivity contribution in [3.05, 3.63) is 47.0 Å². The second kappa shape index (κ2) is 7.81. The minimum Gasteiger partial charge on any atom is -0.396 e. The number of aliphatic hydroxyl groups excluding tert-OH is 3. The van der Waals surface area contributed by atoms with Gasteiger partial charge in [-0.3, -0.25) is 0 Å². The minimum absolute atomic E-state index is 0.0206. The molecule has 4 rings (SSSR count). The maximum atomic E-state index is 11.2. The van der Waals surface area contributed by atoms with E-state index in [9.17, 15) is 15.3 Å². The van der Waals surface area contributed by atoms with Crippen LogP contribution in [0.25, 0.3) is 0 Å². The van der Waals surface area contributed by atoms with Crippen LogP contribution in [0.15, 0.2) is 41.5 Å². The molecule has 4 nitrogen and oxygen atoms in total. The lowest BCUT2D eigenvalue weighted by Gasteiger charge is -2.52. The zero-order valence-corrected chi connectivity index (χ0v) is 17.8. The Bertz CT molecular complexity index is 763. The molecule has 0 heterocycles. The second-order valence-electron chi connectivity index (χ2n) is 10.1. The number of aliphatic hydroxyl groups is 3. The minimum atomic E-state index is -0.419. The Morgan fingerprint density at radius 2 is 1.83 bits per heavy atom. The molecule has 3 aliphatic carbocycles. The SMILES string of the molecule is C[C@@]1([C@H]2CCC3=C(C[C@@H](O)[C@@]3(C)c3ccccc3)[C@@H]2CN)CC[C@H](O)C[C@@H]1CO. The molecule has 0 spiro atoms. The van der Waals surface area contributed by atoms with Gasteiger partial charge in [0.2, 0.25) is 0 Å². The predicted octanol–water partition coefficient (Wildman–Crippen LogP) is 3.15. The van der Waals surface area contributed by atoms with Gasteiger partial charge >= 0.3 is 0 Å². The van der Waals surface area contributed by atoms with Crippen molar-refractivity contribution < 1.29 is 15.3 Å². The number of rotatable bonds is 4. The molecule has 5 N–H and O–H groups in total. The molecule has 0 saturated heterocycles. The van der Waals surface area contributed by atoms with Gasteiger partial charge in [-0.2, -0.15) is 0 Å². The fraction of sp³-hybridized carbons (Fsp3) is 0.680. The number of benzene rings is 1. The molecule has 1 saturated carbocycles. The van der Waals surface area contributed by atoms with E-state index >= 15 is 0 Å². The number of hydrogen-bond acceptors (Lipinski definition) is 4. The van der Waals surface area contributed by atoms with Crippen LogP contribution >= 0.6 is 0 Å². The topological polar surface area (TPSA) is 86.7 Å². The highest BCUT2D eigenvalue weighted by molar-refractivity contribution is 5.46. The summed E-state index contributed by atoms with van der Waals surface area (Å²) in [4.78, 5) is 0. The highest BCUT2D eigenvalue weighted by atomic mass is 16.3. The Labute approximate surface area is 174 Å². The van der Waals surface area contributed by atoms with Gasteiger partial charge in [0.1, 0.15) is 0 Å². The van der Waals surface area contributed by atoms with Crippen molar-refractivity contribution in [2.24, 2.45) is 28.9 Å². The van der Waals surface area contributed by atoms with E-state index in [2.05, 4.69) is 38.1 Å². The van der Waals surface area contributed by atoms with Gasteiger partial charge in [-0.15, -0.1) is 0 Å². The van der Waals surface area contributed by atoms with E-state index in [1.165, 1.54) is 16.7 Å². The van der Waals surface area contributed by atoms with E-state index in [0.717, 1.165) is 25.7 Å². The Kier molecular flexibility index (Phi) is 5.67. The summed E-state index contributed by atoms with van der Waals surface area (Å²) in [5, 5.41) is 31.5. The normalized spacial score (nSPS) is 42.8. The maximum Gasteiger partial charge on any atom is 0.0708 e. The number of nitrogens with two attached hydrogens (primary N) is 1. The summed E-state index contributed by atoms with van der Waals surface area (Å²) in [5.74, 6) is 0.744. The van der Waals surface area contributed by atoms with Gasteiger partial charge in [0, 0.05) is 12.0 Å². The first-order chi connectivity index (χ1) is 13.9. The van der Waals surface area contributed by atoms with Gasteiger partial charge < -0.3 is 21.1 Å². The van der Waals surface area contributed by atoms with Gasteiger partial charge in [0.15, 0.2) is 0 Å². The standard InChI is InChI=1S/C25H37NO3/c1-24(11-10-18(28)12-17(24)15-27)21-8-9-22-19(20(21)14-26)13-23(29)25(22,2)16-6-4-3-5-7-16/h3-7,17-18,20-21,23,27-29H,8-15,26H2,1-2H3/t17-,18+,20+,21+,23-,24-,25+/m1/s1. The molecule has 1 fully saturated rings. The van der Waals surface area contributed by atoms with E-state index in [4.69, 9.17) is 5.73 Å². The van der Waals surface area contributed by atoms with Crippen LogP contribution in [0.1, 0.15) is 57.9 Å². The van der Waals surface area contributed by atoms with Gasteiger partial charge in [-0.25, -0.2) is 0 Å². The lowest BCUT2D eigenvalue weighted by molar-refractivity contribution is -0.0574. The van der Waals surface area contributed by atoms with Crippen LogP contribution in [0.5, 0.6) is 0 Å². The summed E-state index contributed by atoms with van der Waals surface area (Å²) in [5.41, 5.74) is 9.96. The van der Waals surface area contributed by atoms with Gasteiger partial charge in [-0.1, -0.05) is 48.4 Å². The molecule has 29 heavy (non-hydrogen) atoms. The molecule has 0 aromatic heterocycles. The number of hydrogen-bond donors (Lipinski definition) is 4. The van der Waals surface area contributed by atoms with Crippen LogP contribution < -0.4 is 5.73 Å². The van der Waals surface area contributed by atoms with Crippen LogP contribution in [-0.4, -0.2) is 40.7 Å². The first kappa shape index (κ1) is 21.0. The Balaban J connectivity index is 1.71. The molecule has 4 heteroatoms. The van der Waals surface area contributed by atoms with Gasteiger partial charge in [-0.05, 0) is 80.7 Å². The lowest BCUT2D eigenvalue weighted by Crippen LogP contribution is -2.48. The molecule has 7 atom stereocenters. The van der Waals surface area contributed by atoms with E-state index < -0.39 is 6.10 Å². The van der Waals surface area contributed by atoms with E-state index in [1.54, 1.807) is 0 Å². The van der Waals surface area contributed by atoms with Crippen molar-refractivity contribution in [1.82, 2.24) is 0 Å². The predicted molar refractivity (Wildman–Crippen MR) is 115 cm³/mol. The Morgan fingerprint density at radius 1 is 1.10 bits per heavy atom. The monoisotopic (exact) mass is 399 g/mol. The zero-order valence-electron chi connectivity index (χ0n) is 17.8. The summed E-state index contributed by atoms with van der Waals surface area (Å²) in [6, 6.07) is 10.4. The molecule has 1 aromatic carbocycles. The average molecular weight is 400 g/mol. The second-order valence-corrected chi connectivity index (χ2v) is 10.1. The molecular weight excluding hydrogens is 362 g/mol. The van der Waals surface area contributed by atoms with Gasteiger partial charge in [0.25, 0.3) is 0 Å². The third kappa shape index (κ3) is 3.20. The van der Waals surface area contributed by atoms with Crippen molar-refractivity contribution >= 4 is 0 Å². The first-order valence-corrected chi connectivity index (χ1v) is 11.3. The Hall–Kier alpha value is -1.20. The van der Waals surface area contributed by atoms with Crippen LogP contribution in [0.2, 0.25) is 0 Å². The lowest BCUT2D eigenvalue weighted by atomic mass is 9.53. The third-order valence-corrected chi connectivity index (χ3v) is 8.93. The van der Waals surface area contributed by atoms with E-state index in [1.807, 2.05) is 6.07 Å². The molecule has 0 radical (unpaired) electrons. The van der Waals surface area contributed by atoms with Crippen LogP contribution in [-0.2, 0) is 5.41 Å². The molecule has 0 unspecified atom stereocenters. The summed E-state index contributed by atoms with van der Waals surface area (Å²) in [7, 11) is 0. The molecule has 0 amide bonds. The summed E-state index contributed by atoms with van der Waals surface area (Å²) in [6.07, 6.45) is 4.41. The highest BCUT2D eigenvalue weighted by Gasteiger charge is 2.54. The van der Waals surface area contributed by atoms with E-state index in [0.29, 0.717) is 25.3 Å². The van der Waals surface area contributed by atoms with Crippen LogP contribution in [0.3, 0.4) is 0 Å². The maximum absolute atomic E-state index is 11.2. The van der Waals surface area contributed by atoms with Crippen molar-refractivity contribution in [2.75, 3.05) is 13.2 Å². The van der Waals surface area contributed by atoms with E-state index in [-0.39, 0.29) is 35.4 Å². The van der Waals surface area contributed by atoms with Crippen LogP contribution in [0.4, 0.5) is 0 Å². The fourth-order valence-corrected chi connectivity index (χ4v) is 7.02. The van der Waals surface area contributed by atoms with Crippen molar-refractivity contribution in [3.8, 4) is 0 Å². The molecule has 0 bridgehead atoms. The molecular formula is C25H37NO3. The molecule has 1 aromatic rings. The van der Waals surface area contributed by atoms with Gasteiger partial charge in [0.05, 0.1) is 12.2 Å². The van der Waals surface area contributed by atoms with Crippen LogP contribution in [0, 0.1) is 23.2 Å². The quantitative estimate of drug-likeness (QED) is 0.586. The fourth-order valence-electron chi connectivity index (χ4n) is 7.02. The third-order valence-electron chi connectivity index (χ3n) is 8.93. The summed E-state index contributed by atoms with van der Waals surface area (Å²) >= 11 is 0. The van der Waals surface area contributed by atoms with Crippen molar-refractivity contribution in [2.45, 2.75) is 70.0 Å².